The molecule has 1 aromatic rings. The smallest absolute Gasteiger partial charge is 0.409 e. The molecule has 22 heavy (non-hydrogen) atoms. The molecule has 1 aromatic heterocycles. The quantitative estimate of drug-likeness (QED) is 0.756. The van der Waals surface area contributed by atoms with E-state index in [2.05, 4.69) is 9.72 Å². The van der Waals surface area contributed by atoms with Crippen LogP contribution in [0.15, 0.2) is 6.20 Å². The first-order valence-corrected chi connectivity index (χ1v) is 7.50. The molecule has 1 fully saturated rings. The normalized spacial score (nSPS) is 16.3. The molecule has 122 valence electrons. The number of carbonyl (C=O) groups excluding carboxylic acids is 2. The number of hydrogen-bond acceptors (Lipinski definition) is 8. The summed E-state index contributed by atoms with van der Waals surface area (Å²) in [6.45, 7) is 2.65. The Morgan fingerprint density at radius 1 is 1.50 bits per heavy atom. The fourth-order valence-corrected chi connectivity index (χ4v) is 2.70. The van der Waals surface area contributed by atoms with Crippen LogP contribution in [0.25, 0.3) is 0 Å². The number of nitrogens with zero attached hydrogens (tertiary/aromatic N) is 2. The van der Waals surface area contributed by atoms with Gasteiger partial charge in [-0.1, -0.05) is 0 Å². The lowest BCUT2D eigenvalue weighted by atomic mass is 10.3. The Balaban J connectivity index is 1.87. The van der Waals surface area contributed by atoms with Crippen LogP contribution in [0, 0.1) is 0 Å². The first-order valence-electron chi connectivity index (χ1n) is 6.68. The van der Waals surface area contributed by atoms with Crippen LogP contribution in [0.4, 0.5) is 4.79 Å². The summed E-state index contributed by atoms with van der Waals surface area (Å²) in [7, 11) is 2.70. The average Bonchev–Trinajstić information content (AvgIpc) is 3.16. The molecular formula is C13H18N2O6S. The van der Waals surface area contributed by atoms with Crippen LogP contribution in [-0.2, 0) is 23.7 Å². The highest BCUT2D eigenvalue weighted by atomic mass is 32.1. The number of aromatic nitrogens is 1. The minimum Gasteiger partial charge on any atom is -0.456 e. The molecule has 2 heterocycles. The second-order valence-electron chi connectivity index (χ2n) is 4.63. The summed E-state index contributed by atoms with van der Waals surface area (Å²) < 4.78 is 20.5. The van der Waals surface area contributed by atoms with Gasteiger partial charge in [-0.2, -0.15) is 0 Å². The highest BCUT2D eigenvalue weighted by molar-refractivity contribution is 7.11. The zero-order valence-corrected chi connectivity index (χ0v) is 13.4. The molecule has 0 spiro atoms. The summed E-state index contributed by atoms with van der Waals surface area (Å²) in [4.78, 5) is 29.1. The highest BCUT2D eigenvalue weighted by Gasteiger charge is 2.24. The van der Waals surface area contributed by atoms with Crippen LogP contribution in [0.3, 0.4) is 0 Å². The van der Waals surface area contributed by atoms with Gasteiger partial charge in [-0.05, 0) is 6.92 Å². The summed E-state index contributed by atoms with van der Waals surface area (Å²) in [6.07, 6.45) is 0.131. The Labute approximate surface area is 131 Å². The molecule has 0 aromatic carbocycles. The topological polar surface area (TPSA) is 87.2 Å². The molecule has 1 aliphatic rings. The van der Waals surface area contributed by atoms with Crippen LogP contribution in [-0.4, -0.2) is 55.9 Å². The van der Waals surface area contributed by atoms with E-state index in [1.54, 1.807) is 13.1 Å². The fourth-order valence-electron chi connectivity index (χ4n) is 1.81. The Morgan fingerprint density at radius 3 is 2.82 bits per heavy atom. The number of thiazole rings is 1. The van der Waals surface area contributed by atoms with Gasteiger partial charge >= 0.3 is 12.1 Å². The summed E-state index contributed by atoms with van der Waals surface area (Å²) in [5.41, 5.74) is 0. The van der Waals surface area contributed by atoms with Crippen molar-refractivity contribution in [1.29, 1.82) is 0 Å². The van der Waals surface area contributed by atoms with Gasteiger partial charge in [0.1, 0.15) is 17.7 Å². The van der Waals surface area contributed by atoms with E-state index < -0.39 is 24.5 Å². The number of methoxy groups -OCH3 is 1. The second-order valence-corrected chi connectivity index (χ2v) is 5.73. The highest BCUT2D eigenvalue weighted by Crippen LogP contribution is 2.31. The minimum atomic E-state index is -0.597. The van der Waals surface area contributed by atoms with E-state index in [1.165, 1.54) is 25.5 Å². The maximum Gasteiger partial charge on any atom is 0.409 e. The van der Waals surface area contributed by atoms with Crippen LogP contribution in [0.5, 0.6) is 0 Å². The standard InChI is InChI=1S/C13H18N2O6S/c1-8(21-10(16)7-15(2)13(17)18-3)9-6-14-11(22-9)12-19-4-5-20-12/h6,8,12H,4-5,7H2,1-3H3/t8-/m1/s1. The van der Waals surface area contributed by atoms with Crippen molar-refractivity contribution in [3.05, 3.63) is 16.1 Å². The molecule has 1 amide bonds. The number of amides is 1. The van der Waals surface area contributed by atoms with Crippen LogP contribution in [0.1, 0.15) is 29.2 Å². The van der Waals surface area contributed by atoms with Crippen LogP contribution >= 0.6 is 11.3 Å². The molecule has 1 saturated heterocycles. The van der Waals surface area contributed by atoms with Gasteiger partial charge in [0.05, 0.1) is 25.2 Å². The number of carbonyl (C=O) groups is 2. The largest absolute Gasteiger partial charge is 0.456 e. The van der Waals surface area contributed by atoms with E-state index in [0.29, 0.717) is 18.2 Å². The molecular weight excluding hydrogens is 312 g/mol. The third-order valence-corrected chi connectivity index (χ3v) is 4.11. The van der Waals surface area contributed by atoms with Crippen molar-refractivity contribution >= 4 is 23.4 Å². The predicted molar refractivity (Wildman–Crippen MR) is 76.3 cm³/mol. The summed E-state index contributed by atoms with van der Waals surface area (Å²) >= 11 is 1.37. The van der Waals surface area contributed by atoms with Crippen LogP contribution < -0.4 is 0 Å². The molecule has 1 atom stereocenters. The maximum absolute atomic E-state index is 11.8. The molecule has 9 heteroatoms. The van der Waals surface area contributed by atoms with Crippen molar-refractivity contribution < 1.29 is 28.5 Å². The van der Waals surface area contributed by atoms with Crippen molar-refractivity contribution in [1.82, 2.24) is 9.88 Å². The van der Waals surface area contributed by atoms with E-state index in [0.717, 1.165) is 9.78 Å². The van der Waals surface area contributed by atoms with Gasteiger partial charge in [0.25, 0.3) is 0 Å². The Kier molecular flexibility index (Phi) is 5.69. The van der Waals surface area contributed by atoms with Crippen molar-refractivity contribution in [2.45, 2.75) is 19.3 Å². The number of hydrogen-bond donors (Lipinski definition) is 0. The number of rotatable bonds is 5. The molecule has 0 radical (unpaired) electrons. The zero-order chi connectivity index (χ0) is 16.1. The molecule has 8 nitrogen and oxygen atoms in total. The predicted octanol–water partition coefficient (Wildman–Crippen LogP) is 1.49. The van der Waals surface area contributed by atoms with Gasteiger partial charge in [-0.25, -0.2) is 9.78 Å². The Morgan fingerprint density at radius 2 is 2.18 bits per heavy atom. The lowest BCUT2D eigenvalue weighted by Crippen LogP contribution is -2.33. The van der Waals surface area contributed by atoms with Gasteiger partial charge in [0.15, 0.2) is 0 Å². The second kappa shape index (κ2) is 7.52. The third kappa shape index (κ3) is 4.15. The summed E-state index contributed by atoms with van der Waals surface area (Å²) in [5.74, 6) is -0.524. The van der Waals surface area contributed by atoms with Crippen molar-refractivity contribution in [3.63, 3.8) is 0 Å². The lowest BCUT2D eigenvalue weighted by molar-refractivity contribution is -0.149. The van der Waals surface area contributed by atoms with E-state index in [9.17, 15) is 9.59 Å². The van der Waals surface area contributed by atoms with E-state index in [-0.39, 0.29) is 6.54 Å². The molecule has 0 bridgehead atoms. The van der Waals surface area contributed by atoms with E-state index in [4.69, 9.17) is 14.2 Å². The molecule has 0 N–H and O–H groups in total. The molecule has 1 aliphatic heterocycles. The van der Waals surface area contributed by atoms with Gasteiger partial charge in [0.2, 0.25) is 6.29 Å². The lowest BCUT2D eigenvalue weighted by Gasteiger charge is -2.16. The maximum atomic E-state index is 11.8. The monoisotopic (exact) mass is 330 g/mol. The molecule has 0 aliphatic carbocycles. The van der Waals surface area contributed by atoms with Crippen molar-refractivity contribution in [2.24, 2.45) is 0 Å². The summed E-state index contributed by atoms with van der Waals surface area (Å²) in [6, 6.07) is 0. The molecule has 0 saturated carbocycles. The Hall–Kier alpha value is -1.71. The first-order chi connectivity index (χ1) is 10.5. The third-order valence-electron chi connectivity index (χ3n) is 2.93. The zero-order valence-electron chi connectivity index (χ0n) is 12.6. The molecule has 0 unspecified atom stereocenters. The number of esters is 1. The first kappa shape index (κ1) is 16.7. The van der Waals surface area contributed by atoms with Crippen LogP contribution in [0.2, 0.25) is 0 Å². The average molecular weight is 330 g/mol. The van der Waals surface area contributed by atoms with E-state index >= 15 is 0 Å². The minimum absolute atomic E-state index is 0.183. The van der Waals surface area contributed by atoms with Gasteiger partial charge in [-0.3, -0.25) is 4.79 Å². The Bertz CT molecular complexity index is 528. The number of likely N-dealkylation sites (N-methyl/N-ethyl adjacent to an activating group) is 1. The van der Waals surface area contributed by atoms with Crippen molar-refractivity contribution in [2.75, 3.05) is 33.9 Å². The molecule has 2 rings (SSSR count). The van der Waals surface area contributed by atoms with Gasteiger partial charge in [0, 0.05) is 13.2 Å². The van der Waals surface area contributed by atoms with E-state index in [1.807, 2.05) is 0 Å². The summed E-state index contributed by atoms with van der Waals surface area (Å²) in [5, 5.41) is 0.696. The fraction of sp³-hybridized carbons (Fsp3) is 0.615. The van der Waals surface area contributed by atoms with Gasteiger partial charge in [-0.15, -0.1) is 11.3 Å². The van der Waals surface area contributed by atoms with Crippen molar-refractivity contribution in [3.8, 4) is 0 Å². The van der Waals surface area contributed by atoms with Gasteiger partial charge < -0.3 is 23.8 Å². The SMILES string of the molecule is COC(=O)N(C)CC(=O)O[C@H](C)c1cnc(C2OCCO2)s1. The number of ether oxygens (including phenoxy) is 4.